The van der Waals surface area contributed by atoms with Crippen LogP contribution in [0.4, 0.5) is 0 Å². The monoisotopic (exact) mass is 960 g/mol. The van der Waals surface area contributed by atoms with E-state index < -0.39 is 5.97 Å². The number of nitrogens with zero attached hydrogens (tertiary/aromatic N) is 2. The number of ether oxygens (including phenoxy) is 3. The van der Waals surface area contributed by atoms with Crippen LogP contribution in [0.3, 0.4) is 0 Å². The van der Waals surface area contributed by atoms with E-state index in [0.29, 0.717) is 39.4 Å². The van der Waals surface area contributed by atoms with E-state index in [1.165, 1.54) is 11.1 Å². The van der Waals surface area contributed by atoms with Gasteiger partial charge in [-0.3, -0.25) is 0 Å². The molecular formula is C65H60N4O4. The highest BCUT2D eigenvalue weighted by Crippen LogP contribution is 2.44. The number of H-pyrrole nitrogens is 2. The summed E-state index contributed by atoms with van der Waals surface area (Å²) in [6, 6.07) is 47.9. The van der Waals surface area contributed by atoms with E-state index in [0.717, 1.165) is 88.5 Å². The van der Waals surface area contributed by atoms with Crippen LogP contribution in [0.2, 0.25) is 0 Å². The van der Waals surface area contributed by atoms with Crippen LogP contribution in [0, 0.1) is 10.6 Å². The average Bonchev–Trinajstić information content (AvgIpc) is 4.22. The summed E-state index contributed by atoms with van der Waals surface area (Å²) in [7, 11) is 3.28. The van der Waals surface area contributed by atoms with Gasteiger partial charge in [-0.1, -0.05) is 135 Å². The van der Waals surface area contributed by atoms with Crippen molar-refractivity contribution in [3.63, 3.8) is 0 Å². The smallest absolute Gasteiger partial charge is 0.343 e. The van der Waals surface area contributed by atoms with Gasteiger partial charge < -0.3 is 24.2 Å². The fourth-order valence-corrected chi connectivity index (χ4v) is 10.2. The van der Waals surface area contributed by atoms with Crippen molar-refractivity contribution in [1.82, 2.24) is 9.97 Å². The highest BCUT2D eigenvalue weighted by Gasteiger charge is 2.32. The first-order valence-electron chi connectivity index (χ1n) is 25.0. The number of methoxy groups -OCH3 is 2. The zero-order chi connectivity index (χ0) is 51.1. The minimum Gasteiger partial charge on any atom is -0.497 e. The number of aromatic nitrogens is 2. The first-order valence-corrected chi connectivity index (χ1v) is 25.0. The van der Waals surface area contributed by atoms with E-state index in [9.17, 15) is 4.79 Å². The first-order chi connectivity index (χ1) is 34.9. The van der Waals surface area contributed by atoms with Crippen molar-refractivity contribution in [2.24, 2.45) is 9.98 Å². The molecule has 0 saturated heterocycles. The Morgan fingerprint density at radius 2 is 1.04 bits per heavy atom. The standard InChI is InChI=1S/C65H60N4O4/c1-63(2,3)41-20-12-38(13-21-41)55-48-30-31-49(66-48)56(39-14-22-42(23-15-39)64(4,5)6)51-34-35-53(68-51)59-61(73-62(70)40-18-27-45(72-11)28-19-40)58-54(37-16-25-44(71-10)26-17-37)47-36-43(65(7,8)9)24-29-46(47)57(60(58)69-59)52-33-32-50(55)67-52/h12-36,67-68H,1-11H3. The summed E-state index contributed by atoms with van der Waals surface area (Å²) in [4.78, 5) is 33.7. The van der Waals surface area contributed by atoms with Crippen molar-refractivity contribution in [3.8, 4) is 22.6 Å². The third kappa shape index (κ3) is 8.44. The Bertz CT molecular complexity index is 3920. The number of carbonyl (C=O) groups is 1. The van der Waals surface area contributed by atoms with E-state index in [2.05, 4.69) is 181 Å². The zero-order valence-corrected chi connectivity index (χ0v) is 43.5. The number of hydrogen-bond acceptors (Lipinski definition) is 6. The van der Waals surface area contributed by atoms with Gasteiger partial charge in [0, 0.05) is 38.3 Å². The van der Waals surface area contributed by atoms with Crippen molar-refractivity contribution >= 4 is 45.1 Å². The molecule has 0 unspecified atom stereocenters. The molecule has 0 saturated carbocycles. The summed E-state index contributed by atoms with van der Waals surface area (Å²) in [5, 5.41) is 5.31. The van der Waals surface area contributed by atoms with E-state index >= 15 is 0 Å². The summed E-state index contributed by atoms with van der Waals surface area (Å²) >= 11 is 0. The number of carbonyl (C=O) groups excluding carboxylic acids is 1. The Morgan fingerprint density at radius 1 is 0.493 bits per heavy atom. The molecule has 0 radical (unpaired) electrons. The molecule has 8 bridgehead atoms. The summed E-state index contributed by atoms with van der Waals surface area (Å²) in [6.45, 7) is 20.1. The summed E-state index contributed by atoms with van der Waals surface area (Å²) in [6.07, 6.45) is 4.25. The van der Waals surface area contributed by atoms with Gasteiger partial charge in [0.05, 0.1) is 47.8 Å². The van der Waals surface area contributed by atoms with Crippen LogP contribution >= 0.6 is 0 Å². The predicted octanol–water partition coefficient (Wildman–Crippen LogP) is 13.7. The molecule has 5 heterocycles. The fraction of sp³-hybridized carbons (Fsp3) is 0.215. The van der Waals surface area contributed by atoms with E-state index in [1.54, 1.807) is 38.5 Å². The average molecular weight is 961 g/mol. The molecule has 0 amide bonds. The minimum atomic E-state index is -0.524. The van der Waals surface area contributed by atoms with Gasteiger partial charge in [-0.05, 0) is 139 Å². The van der Waals surface area contributed by atoms with Crippen LogP contribution in [0.15, 0.2) is 167 Å². The van der Waals surface area contributed by atoms with Gasteiger partial charge in [0.25, 0.3) is 0 Å². The number of aromatic amines is 2. The zero-order valence-electron chi connectivity index (χ0n) is 43.5. The summed E-state index contributed by atoms with van der Waals surface area (Å²) in [5.41, 5.74) is 13.9. The quantitative estimate of drug-likeness (QED) is 0.155. The molecule has 2 N–H and O–H groups in total. The van der Waals surface area contributed by atoms with Gasteiger partial charge in [0.2, 0.25) is 0 Å². The van der Waals surface area contributed by atoms with Crippen molar-refractivity contribution < 1.29 is 19.0 Å². The maximum atomic E-state index is 14.7. The van der Waals surface area contributed by atoms with Crippen LogP contribution in [0.5, 0.6) is 11.5 Å². The number of benzene rings is 6. The molecule has 3 aliphatic heterocycles. The van der Waals surface area contributed by atoms with Gasteiger partial charge in [-0.25, -0.2) is 14.8 Å². The molecule has 0 spiro atoms. The van der Waals surface area contributed by atoms with Crippen LogP contribution in [-0.4, -0.2) is 35.9 Å². The van der Waals surface area contributed by atoms with E-state index in [4.69, 9.17) is 24.2 Å². The lowest BCUT2D eigenvalue weighted by molar-refractivity contribution is 0.0693. The molecule has 11 rings (SSSR count). The molecule has 0 fully saturated rings. The van der Waals surface area contributed by atoms with Gasteiger partial charge in [0.1, 0.15) is 17.2 Å². The lowest BCUT2D eigenvalue weighted by Gasteiger charge is -2.22. The first kappa shape index (κ1) is 47.1. The minimum absolute atomic E-state index is 0.0257. The molecule has 0 aliphatic carbocycles. The molecule has 8 nitrogen and oxygen atoms in total. The Hall–Kier alpha value is -8.23. The maximum Gasteiger partial charge on any atom is 0.343 e. The van der Waals surface area contributed by atoms with Crippen LogP contribution in [0.25, 0.3) is 44.5 Å². The van der Waals surface area contributed by atoms with Gasteiger partial charge in [0.15, 0.2) is 5.76 Å². The third-order valence-corrected chi connectivity index (χ3v) is 14.4. The van der Waals surface area contributed by atoms with Crippen molar-refractivity contribution in [2.45, 2.75) is 78.6 Å². The number of aliphatic imine (C=N–C) groups is 1. The summed E-state index contributed by atoms with van der Waals surface area (Å²) < 4.78 is 18.0. The summed E-state index contributed by atoms with van der Waals surface area (Å²) in [5.74, 6) is 1.18. The fourth-order valence-electron chi connectivity index (χ4n) is 10.2. The second-order valence-electron chi connectivity index (χ2n) is 22.3. The molecular weight excluding hydrogens is 901 g/mol. The van der Waals surface area contributed by atoms with Crippen molar-refractivity contribution in [3.05, 3.63) is 229 Å². The van der Waals surface area contributed by atoms with Gasteiger partial charge >= 0.3 is 5.97 Å². The number of nitrogens with one attached hydrogen (secondary N) is 2. The Kier molecular flexibility index (Phi) is 11.3. The Labute approximate surface area is 426 Å². The van der Waals surface area contributed by atoms with Crippen LogP contribution < -0.4 is 20.2 Å². The van der Waals surface area contributed by atoms with E-state index in [-0.39, 0.29) is 16.2 Å². The predicted molar refractivity (Wildman–Crippen MR) is 295 cm³/mol. The highest BCUT2D eigenvalue weighted by atomic mass is 16.5. The van der Waals surface area contributed by atoms with E-state index in [1.807, 2.05) is 18.2 Å². The van der Waals surface area contributed by atoms with Gasteiger partial charge in [-0.15, -0.1) is 0 Å². The number of esters is 1. The molecule has 0 atom stereocenters. The second kappa shape index (κ2) is 17.5. The number of fused-ring (bicyclic) bond motifs is 9. The number of allylic oxidation sites excluding steroid dienone is 2. The number of rotatable bonds is 7. The SMILES string of the molecule is COc1ccc(C(=O)OC2=C3N=c4c2c(-c2ccc(OC)cc2)c2cc(C(C)(C)C)ccc2c4=c2ccc([nH]2)=C(c2ccc(C(C)(C)C)cc2)C2=NC(=C(c4ccc(C(C)(C)C)cc4)c4ccc3[nH]4)C=C2)cc1. The molecule has 8 aromatic rings. The topological polar surface area (TPSA) is 101 Å². The number of hydrogen-bond donors (Lipinski definition) is 2. The normalized spacial score (nSPS) is 14.3. The molecule has 73 heavy (non-hydrogen) atoms. The third-order valence-electron chi connectivity index (χ3n) is 14.4. The second-order valence-corrected chi connectivity index (χ2v) is 22.3. The van der Waals surface area contributed by atoms with Crippen molar-refractivity contribution in [2.75, 3.05) is 14.2 Å². The molecule has 6 aromatic carbocycles. The Morgan fingerprint density at radius 3 is 1.64 bits per heavy atom. The van der Waals surface area contributed by atoms with Crippen molar-refractivity contribution in [1.29, 1.82) is 0 Å². The molecule has 364 valence electrons. The van der Waals surface area contributed by atoms with Crippen LogP contribution in [-0.2, 0) is 21.0 Å². The highest BCUT2D eigenvalue weighted by molar-refractivity contribution is 6.30. The maximum absolute atomic E-state index is 14.7. The largest absolute Gasteiger partial charge is 0.497 e. The van der Waals surface area contributed by atoms with Crippen LogP contribution in [0.1, 0.15) is 117 Å². The lowest BCUT2D eigenvalue weighted by Crippen LogP contribution is -2.17. The Balaban J connectivity index is 1.31. The molecule has 2 aromatic heterocycles. The lowest BCUT2D eigenvalue weighted by atomic mass is 9.83. The molecule has 3 aliphatic rings. The molecule has 8 heteroatoms. The van der Waals surface area contributed by atoms with Gasteiger partial charge in [-0.2, -0.15) is 0 Å².